The van der Waals surface area contributed by atoms with Gasteiger partial charge in [-0.2, -0.15) is 0 Å². The van der Waals surface area contributed by atoms with Gasteiger partial charge in [-0.3, -0.25) is 0 Å². The summed E-state index contributed by atoms with van der Waals surface area (Å²) in [6, 6.07) is 13.8. The van der Waals surface area contributed by atoms with Gasteiger partial charge in [0, 0.05) is 16.3 Å². The van der Waals surface area contributed by atoms with Crippen LogP contribution in [0.1, 0.15) is 21.5 Å². The molecule has 0 heterocycles. The lowest BCUT2D eigenvalue weighted by molar-refractivity contribution is 0.0601. The molecule has 0 bridgehead atoms. The van der Waals surface area contributed by atoms with Crippen LogP contribution in [0.25, 0.3) is 0 Å². The summed E-state index contributed by atoms with van der Waals surface area (Å²) in [6.07, 6.45) is 0. The number of hydrogen-bond acceptors (Lipinski definition) is 4. The van der Waals surface area contributed by atoms with Crippen molar-refractivity contribution in [1.29, 1.82) is 0 Å². The Hall–Kier alpha value is -1.94. The zero-order valence-corrected chi connectivity index (χ0v) is 12.4. The third-order valence-electron chi connectivity index (χ3n) is 2.99. The number of nitrogen functional groups attached to an aromatic ring is 1. The van der Waals surface area contributed by atoms with Gasteiger partial charge < -0.3 is 10.5 Å². The summed E-state index contributed by atoms with van der Waals surface area (Å²) < 4.78 is 4.80. The van der Waals surface area contributed by atoms with E-state index in [9.17, 15) is 4.79 Å². The Morgan fingerprint density at radius 2 is 1.90 bits per heavy atom. The molecule has 0 radical (unpaired) electrons. The molecule has 0 fully saturated rings. The first kappa shape index (κ1) is 14.5. The molecule has 3 nitrogen and oxygen atoms in total. The first-order chi connectivity index (χ1) is 9.61. The van der Waals surface area contributed by atoms with Crippen molar-refractivity contribution in [2.24, 2.45) is 0 Å². The zero-order chi connectivity index (χ0) is 14.5. The second-order valence-corrected chi connectivity index (χ2v) is 5.52. The van der Waals surface area contributed by atoms with Crippen molar-refractivity contribution in [3.05, 3.63) is 59.2 Å². The average Bonchev–Trinajstić information content (AvgIpc) is 2.46. The first-order valence-corrected chi connectivity index (χ1v) is 7.25. The number of anilines is 1. The zero-order valence-electron chi connectivity index (χ0n) is 11.6. The molecule has 0 aliphatic rings. The molecular formula is C16H17NO2S. The molecule has 2 N–H and O–H groups in total. The summed E-state index contributed by atoms with van der Waals surface area (Å²) >= 11 is 1.67. The average molecular weight is 287 g/mol. The molecule has 0 aromatic heterocycles. The summed E-state index contributed by atoms with van der Waals surface area (Å²) in [7, 11) is 1.37. The first-order valence-electron chi connectivity index (χ1n) is 6.27. The van der Waals surface area contributed by atoms with E-state index in [-0.39, 0.29) is 5.97 Å². The minimum absolute atomic E-state index is 0.386. The smallest absolute Gasteiger partial charge is 0.340 e. The molecule has 104 valence electrons. The highest BCUT2D eigenvalue weighted by molar-refractivity contribution is 7.98. The molecule has 4 heteroatoms. The number of esters is 1. The maximum atomic E-state index is 11.8. The minimum Gasteiger partial charge on any atom is -0.465 e. The third kappa shape index (κ3) is 3.33. The van der Waals surface area contributed by atoms with Gasteiger partial charge in [-0.05, 0) is 30.7 Å². The van der Waals surface area contributed by atoms with E-state index in [1.54, 1.807) is 17.8 Å². The van der Waals surface area contributed by atoms with Gasteiger partial charge in [-0.1, -0.05) is 29.8 Å². The van der Waals surface area contributed by atoms with Crippen molar-refractivity contribution in [2.75, 3.05) is 12.8 Å². The summed E-state index contributed by atoms with van der Waals surface area (Å²) in [4.78, 5) is 13.0. The van der Waals surface area contributed by atoms with Gasteiger partial charge in [-0.25, -0.2) is 4.79 Å². The number of carbonyl (C=O) groups excluding carboxylic acids is 1. The standard InChI is InChI=1S/C16H17NO2S/c1-11-6-8-13(9-7-11)20-10-12-4-3-5-14(17)15(12)16(18)19-2/h3-9H,10,17H2,1-2H3. The van der Waals surface area contributed by atoms with Gasteiger partial charge in [0.2, 0.25) is 0 Å². The SMILES string of the molecule is COC(=O)c1c(N)cccc1CSc1ccc(C)cc1. The lowest BCUT2D eigenvalue weighted by atomic mass is 10.1. The van der Waals surface area contributed by atoms with Gasteiger partial charge in [0.1, 0.15) is 0 Å². The molecule has 0 amide bonds. The minimum atomic E-state index is -0.386. The number of carbonyl (C=O) groups is 1. The predicted octanol–water partition coefficient (Wildman–Crippen LogP) is 3.66. The topological polar surface area (TPSA) is 52.3 Å². The van der Waals surface area contributed by atoms with Crippen molar-refractivity contribution in [1.82, 2.24) is 0 Å². The maximum Gasteiger partial charge on any atom is 0.340 e. The molecule has 20 heavy (non-hydrogen) atoms. The summed E-state index contributed by atoms with van der Waals surface area (Å²) in [6.45, 7) is 2.06. The van der Waals surface area contributed by atoms with Crippen LogP contribution in [0.4, 0.5) is 5.69 Å². The second kappa shape index (κ2) is 6.48. The Kier molecular flexibility index (Phi) is 4.69. The van der Waals surface area contributed by atoms with E-state index in [1.165, 1.54) is 12.7 Å². The predicted molar refractivity (Wildman–Crippen MR) is 82.9 cm³/mol. The van der Waals surface area contributed by atoms with Crippen molar-refractivity contribution in [3.63, 3.8) is 0 Å². The monoisotopic (exact) mass is 287 g/mol. The number of thioether (sulfide) groups is 1. The van der Waals surface area contributed by atoms with Crippen molar-refractivity contribution in [3.8, 4) is 0 Å². The number of rotatable bonds is 4. The number of hydrogen-bond donors (Lipinski definition) is 1. The Bertz CT molecular complexity index is 608. The Labute approximate surface area is 123 Å². The van der Waals surface area contributed by atoms with Crippen LogP contribution in [-0.4, -0.2) is 13.1 Å². The van der Waals surface area contributed by atoms with Crippen LogP contribution >= 0.6 is 11.8 Å². The molecule has 0 atom stereocenters. The van der Waals surface area contributed by atoms with Gasteiger partial charge in [0.05, 0.1) is 12.7 Å². The van der Waals surface area contributed by atoms with Crippen LogP contribution in [-0.2, 0) is 10.5 Å². The number of aryl methyl sites for hydroxylation is 1. The molecule has 0 aliphatic heterocycles. The van der Waals surface area contributed by atoms with E-state index < -0.39 is 0 Å². The highest BCUT2D eigenvalue weighted by Gasteiger charge is 2.15. The molecule has 0 saturated heterocycles. The van der Waals surface area contributed by atoms with E-state index in [4.69, 9.17) is 10.5 Å². The number of methoxy groups -OCH3 is 1. The normalized spacial score (nSPS) is 10.3. The molecule has 2 rings (SSSR count). The van der Waals surface area contributed by atoms with Crippen LogP contribution in [0.5, 0.6) is 0 Å². The van der Waals surface area contributed by atoms with Gasteiger partial charge in [-0.15, -0.1) is 11.8 Å². The summed E-state index contributed by atoms with van der Waals surface area (Å²) in [5, 5.41) is 0. The third-order valence-corrected chi connectivity index (χ3v) is 4.05. The Balaban J connectivity index is 2.19. The number of ether oxygens (including phenoxy) is 1. The lowest BCUT2D eigenvalue weighted by Crippen LogP contribution is -2.09. The summed E-state index contributed by atoms with van der Waals surface area (Å²) in [5.74, 6) is 0.293. The van der Waals surface area contributed by atoms with Crippen LogP contribution in [0.2, 0.25) is 0 Å². The van der Waals surface area contributed by atoms with E-state index in [2.05, 4.69) is 31.2 Å². The van der Waals surface area contributed by atoms with Crippen LogP contribution < -0.4 is 5.73 Å². The molecule has 0 spiro atoms. The van der Waals surface area contributed by atoms with Gasteiger partial charge in [0.15, 0.2) is 0 Å². The largest absolute Gasteiger partial charge is 0.465 e. The molecule has 2 aromatic carbocycles. The molecular weight excluding hydrogens is 270 g/mol. The van der Waals surface area contributed by atoms with Crippen LogP contribution in [0.15, 0.2) is 47.4 Å². The molecule has 0 saturated carbocycles. The van der Waals surface area contributed by atoms with Crippen molar-refractivity contribution < 1.29 is 9.53 Å². The maximum absolute atomic E-state index is 11.8. The summed E-state index contributed by atoms with van der Waals surface area (Å²) in [5.41, 5.74) is 8.92. The second-order valence-electron chi connectivity index (χ2n) is 4.47. The van der Waals surface area contributed by atoms with E-state index in [0.29, 0.717) is 17.0 Å². The Morgan fingerprint density at radius 3 is 2.55 bits per heavy atom. The quantitative estimate of drug-likeness (QED) is 0.530. The fourth-order valence-corrected chi connectivity index (χ4v) is 2.78. The molecule has 2 aromatic rings. The van der Waals surface area contributed by atoms with Gasteiger partial charge in [0.25, 0.3) is 0 Å². The lowest BCUT2D eigenvalue weighted by Gasteiger charge is -2.10. The van der Waals surface area contributed by atoms with Crippen LogP contribution in [0, 0.1) is 6.92 Å². The van der Waals surface area contributed by atoms with E-state index in [0.717, 1.165) is 10.5 Å². The van der Waals surface area contributed by atoms with Crippen molar-refractivity contribution >= 4 is 23.4 Å². The van der Waals surface area contributed by atoms with Gasteiger partial charge >= 0.3 is 5.97 Å². The number of nitrogens with two attached hydrogens (primary N) is 1. The van der Waals surface area contributed by atoms with Crippen LogP contribution in [0.3, 0.4) is 0 Å². The van der Waals surface area contributed by atoms with E-state index >= 15 is 0 Å². The highest BCUT2D eigenvalue weighted by Crippen LogP contribution is 2.27. The molecule has 0 unspecified atom stereocenters. The Morgan fingerprint density at radius 1 is 1.20 bits per heavy atom. The highest BCUT2D eigenvalue weighted by atomic mass is 32.2. The van der Waals surface area contributed by atoms with Crippen molar-refractivity contribution in [2.45, 2.75) is 17.6 Å². The van der Waals surface area contributed by atoms with E-state index in [1.807, 2.05) is 12.1 Å². The fourth-order valence-electron chi connectivity index (χ4n) is 1.89. The number of benzene rings is 2. The fraction of sp³-hybridized carbons (Fsp3) is 0.188. The molecule has 0 aliphatic carbocycles.